The van der Waals surface area contributed by atoms with Gasteiger partial charge in [-0.15, -0.1) is 11.8 Å². The van der Waals surface area contributed by atoms with E-state index in [-0.39, 0.29) is 24.4 Å². The molecular formula is C14H20N2O2S. The van der Waals surface area contributed by atoms with E-state index in [2.05, 4.69) is 10.6 Å². The molecule has 2 N–H and O–H groups in total. The van der Waals surface area contributed by atoms with Crippen molar-refractivity contribution < 1.29 is 9.59 Å². The Hall–Kier alpha value is -1.49. The van der Waals surface area contributed by atoms with Crippen LogP contribution in [0.5, 0.6) is 0 Å². The fraction of sp³-hybridized carbons (Fsp3) is 0.429. The fourth-order valence-corrected chi connectivity index (χ4v) is 1.98. The summed E-state index contributed by atoms with van der Waals surface area (Å²) in [6, 6.07) is 7.99. The molecule has 0 aliphatic rings. The molecule has 0 radical (unpaired) electrons. The van der Waals surface area contributed by atoms with Gasteiger partial charge in [0.1, 0.15) is 0 Å². The molecule has 4 nitrogen and oxygen atoms in total. The number of rotatable bonds is 6. The molecule has 1 rings (SSSR count). The van der Waals surface area contributed by atoms with Crippen molar-refractivity contribution in [2.75, 3.05) is 12.8 Å². The smallest absolute Gasteiger partial charge is 0.239 e. The maximum absolute atomic E-state index is 11.6. The second-order valence-electron chi connectivity index (χ2n) is 4.19. The lowest BCUT2D eigenvalue weighted by Gasteiger charge is -2.15. The van der Waals surface area contributed by atoms with Crippen LogP contribution in [0, 0.1) is 0 Å². The van der Waals surface area contributed by atoms with Crippen molar-refractivity contribution >= 4 is 23.6 Å². The van der Waals surface area contributed by atoms with E-state index in [1.54, 1.807) is 18.7 Å². The lowest BCUT2D eigenvalue weighted by molar-refractivity contribution is -0.126. The first-order valence-electron chi connectivity index (χ1n) is 6.26. The monoisotopic (exact) mass is 280 g/mol. The van der Waals surface area contributed by atoms with Gasteiger partial charge < -0.3 is 10.6 Å². The van der Waals surface area contributed by atoms with Crippen LogP contribution < -0.4 is 10.6 Å². The quantitative estimate of drug-likeness (QED) is 0.785. The molecular weight excluding hydrogens is 260 g/mol. The maximum atomic E-state index is 11.6. The van der Waals surface area contributed by atoms with Gasteiger partial charge in [0.2, 0.25) is 11.8 Å². The van der Waals surface area contributed by atoms with Crippen molar-refractivity contribution in [2.45, 2.75) is 31.2 Å². The second-order valence-corrected chi connectivity index (χ2v) is 5.07. The van der Waals surface area contributed by atoms with E-state index in [4.69, 9.17) is 0 Å². The highest BCUT2D eigenvalue weighted by Gasteiger charge is 2.10. The van der Waals surface area contributed by atoms with Gasteiger partial charge in [0.15, 0.2) is 0 Å². The number of amides is 2. The summed E-state index contributed by atoms with van der Waals surface area (Å²) in [5.41, 5.74) is 1.05. The largest absolute Gasteiger partial charge is 0.348 e. The van der Waals surface area contributed by atoms with E-state index >= 15 is 0 Å². The van der Waals surface area contributed by atoms with Gasteiger partial charge in [-0.2, -0.15) is 0 Å². The van der Waals surface area contributed by atoms with Crippen LogP contribution in [0.4, 0.5) is 0 Å². The zero-order chi connectivity index (χ0) is 14.3. The normalized spacial score (nSPS) is 11.7. The van der Waals surface area contributed by atoms with Crippen molar-refractivity contribution in [2.24, 2.45) is 0 Å². The van der Waals surface area contributed by atoms with E-state index in [0.717, 1.165) is 5.56 Å². The molecule has 0 fully saturated rings. The molecule has 19 heavy (non-hydrogen) atoms. The number of benzene rings is 1. The Morgan fingerprint density at radius 1 is 1.21 bits per heavy atom. The van der Waals surface area contributed by atoms with Crippen LogP contribution in [0.15, 0.2) is 29.2 Å². The fourth-order valence-electron chi connectivity index (χ4n) is 1.57. The van der Waals surface area contributed by atoms with Gasteiger partial charge in [-0.3, -0.25) is 9.59 Å². The second kappa shape index (κ2) is 7.84. The molecule has 5 heteroatoms. The average Bonchev–Trinajstić information content (AvgIpc) is 2.44. The summed E-state index contributed by atoms with van der Waals surface area (Å²) in [6.45, 7) is 3.71. The summed E-state index contributed by atoms with van der Waals surface area (Å²) >= 11 is 1.68. The third kappa shape index (κ3) is 5.34. The van der Waals surface area contributed by atoms with Crippen LogP contribution in [0.25, 0.3) is 0 Å². The number of nitrogens with one attached hydrogen (secondary N) is 2. The first-order chi connectivity index (χ1) is 9.06. The lowest BCUT2D eigenvalue weighted by atomic mass is 10.1. The van der Waals surface area contributed by atoms with Crippen molar-refractivity contribution in [3.8, 4) is 0 Å². The molecule has 1 aromatic rings. The Morgan fingerprint density at radius 3 is 2.37 bits per heavy atom. The molecule has 1 atom stereocenters. The number of carbonyl (C=O) groups excluding carboxylic acids is 2. The van der Waals surface area contributed by atoms with Gasteiger partial charge in [0.05, 0.1) is 12.6 Å². The minimum absolute atomic E-state index is 0.0277. The summed E-state index contributed by atoms with van der Waals surface area (Å²) in [5, 5.41) is 5.41. The van der Waals surface area contributed by atoms with Crippen LogP contribution in [0.1, 0.15) is 31.9 Å². The predicted octanol–water partition coefficient (Wildman–Crippen LogP) is 2.11. The summed E-state index contributed by atoms with van der Waals surface area (Å²) in [5.74, 6) is -0.296. The van der Waals surface area contributed by atoms with E-state index in [1.165, 1.54) is 4.90 Å². The van der Waals surface area contributed by atoms with Crippen LogP contribution in [0.2, 0.25) is 0 Å². The molecule has 0 unspecified atom stereocenters. The summed E-state index contributed by atoms with van der Waals surface area (Å²) < 4.78 is 0. The molecule has 1 aromatic carbocycles. The Morgan fingerprint density at radius 2 is 1.84 bits per heavy atom. The highest BCUT2D eigenvalue weighted by atomic mass is 32.2. The van der Waals surface area contributed by atoms with E-state index in [1.807, 2.05) is 37.4 Å². The van der Waals surface area contributed by atoms with Gasteiger partial charge in [-0.05, 0) is 30.9 Å². The third-order valence-corrected chi connectivity index (χ3v) is 3.50. The molecule has 2 amide bonds. The van der Waals surface area contributed by atoms with E-state index in [9.17, 15) is 9.59 Å². The van der Waals surface area contributed by atoms with Crippen molar-refractivity contribution in [1.82, 2.24) is 10.6 Å². The van der Waals surface area contributed by atoms with Crippen LogP contribution >= 0.6 is 11.8 Å². The third-order valence-electron chi connectivity index (χ3n) is 2.76. The maximum Gasteiger partial charge on any atom is 0.239 e. The number of thioether (sulfide) groups is 1. The number of hydrogen-bond acceptors (Lipinski definition) is 3. The van der Waals surface area contributed by atoms with Crippen molar-refractivity contribution in [1.29, 1.82) is 0 Å². The minimum atomic E-state index is -0.178. The summed E-state index contributed by atoms with van der Waals surface area (Å²) in [4.78, 5) is 23.9. The molecule has 0 saturated heterocycles. The first-order valence-corrected chi connectivity index (χ1v) is 7.49. The zero-order valence-electron chi connectivity index (χ0n) is 11.5. The Bertz CT molecular complexity index is 432. The Balaban J connectivity index is 2.46. The van der Waals surface area contributed by atoms with Gasteiger partial charge in [-0.1, -0.05) is 19.1 Å². The van der Waals surface area contributed by atoms with Gasteiger partial charge in [0, 0.05) is 11.3 Å². The topological polar surface area (TPSA) is 58.2 Å². The van der Waals surface area contributed by atoms with Crippen LogP contribution in [-0.4, -0.2) is 24.6 Å². The molecule has 104 valence electrons. The first kappa shape index (κ1) is 15.6. The standard InChI is InChI=1S/C14H20N2O2S/c1-4-13(17)15-9-14(18)16-10(2)11-5-7-12(19-3)8-6-11/h5-8,10H,4,9H2,1-3H3,(H,15,17)(H,16,18)/t10-/m0/s1. The molecule has 0 bridgehead atoms. The van der Waals surface area contributed by atoms with Crippen LogP contribution in [-0.2, 0) is 9.59 Å². The number of carbonyl (C=O) groups is 2. The summed E-state index contributed by atoms with van der Waals surface area (Å²) in [7, 11) is 0. The SMILES string of the molecule is CCC(=O)NCC(=O)N[C@@H](C)c1ccc(SC)cc1. The molecule has 0 aliphatic heterocycles. The van der Waals surface area contributed by atoms with Gasteiger partial charge in [-0.25, -0.2) is 0 Å². The highest BCUT2D eigenvalue weighted by Crippen LogP contribution is 2.18. The molecule has 0 aromatic heterocycles. The highest BCUT2D eigenvalue weighted by molar-refractivity contribution is 7.98. The van der Waals surface area contributed by atoms with E-state index in [0.29, 0.717) is 6.42 Å². The zero-order valence-corrected chi connectivity index (χ0v) is 12.3. The Kier molecular flexibility index (Phi) is 6.42. The Labute approximate surface area is 118 Å². The average molecular weight is 280 g/mol. The molecule has 0 saturated carbocycles. The van der Waals surface area contributed by atoms with Crippen molar-refractivity contribution in [3.63, 3.8) is 0 Å². The summed E-state index contributed by atoms with van der Waals surface area (Å²) in [6.07, 6.45) is 2.41. The van der Waals surface area contributed by atoms with Crippen molar-refractivity contribution in [3.05, 3.63) is 29.8 Å². The predicted molar refractivity (Wildman–Crippen MR) is 78.1 cm³/mol. The molecule has 0 heterocycles. The van der Waals surface area contributed by atoms with E-state index < -0.39 is 0 Å². The van der Waals surface area contributed by atoms with Gasteiger partial charge >= 0.3 is 0 Å². The lowest BCUT2D eigenvalue weighted by Crippen LogP contribution is -2.37. The molecule has 0 aliphatic carbocycles. The van der Waals surface area contributed by atoms with Crippen LogP contribution in [0.3, 0.4) is 0 Å². The number of hydrogen-bond donors (Lipinski definition) is 2. The molecule has 0 spiro atoms. The minimum Gasteiger partial charge on any atom is -0.348 e. The van der Waals surface area contributed by atoms with Gasteiger partial charge in [0.25, 0.3) is 0 Å².